The zero-order valence-corrected chi connectivity index (χ0v) is 16.6. The molecule has 150 valence electrons. The van der Waals surface area contributed by atoms with E-state index in [0.717, 1.165) is 0 Å². The summed E-state index contributed by atoms with van der Waals surface area (Å²) in [5.74, 6) is -2.85. The van der Waals surface area contributed by atoms with Crippen molar-refractivity contribution in [2.24, 2.45) is 16.2 Å². The van der Waals surface area contributed by atoms with Crippen molar-refractivity contribution < 1.29 is 35.7 Å². The maximum atomic E-state index is 13.1. The van der Waals surface area contributed by atoms with Crippen LogP contribution >= 0.6 is 0 Å². The highest BCUT2D eigenvalue weighted by Crippen LogP contribution is 2.50. The summed E-state index contributed by atoms with van der Waals surface area (Å²) in [7, 11) is -4.97. The first kappa shape index (κ1) is 24.2. The van der Waals surface area contributed by atoms with Gasteiger partial charge in [0.15, 0.2) is 0 Å². The second-order valence-electron chi connectivity index (χ2n) is 8.49. The van der Waals surface area contributed by atoms with Gasteiger partial charge < -0.3 is 4.74 Å². The van der Waals surface area contributed by atoms with E-state index in [1.807, 2.05) is 27.7 Å². The molecule has 2 atom stereocenters. The van der Waals surface area contributed by atoms with Crippen LogP contribution in [0.2, 0.25) is 0 Å². The van der Waals surface area contributed by atoms with E-state index >= 15 is 0 Å². The van der Waals surface area contributed by atoms with Crippen LogP contribution in [0.3, 0.4) is 0 Å². The highest BCUT2D eigenvalue weighted by molar-refractivity contribution is 7.85. The zero-order valence-electron chi connectivity index (χ0n) is 15.8. The van der Waals surface area contributed by atoms with Gasteiger partial charge in [-0.2, -0.15) is 21.6 Å². The lowest BCUT2D eigenvalue weighted by molar-refractivity contribution is -0.225. The lowest BCUT2D eigenvalue weighted by Gasteiger charge is -2.45. The minimum atomic E-state index is -5.11. The Morgan fingerprint density at radius 2 is 1.52 bits per heavy atom. The van der Waals surface area contributed by atoms with Crippen LogP contribution in [0.1, 0.15) is 61.3 Å². The Kier molecular flexibility index (Phi) is 7.18. The molecule has 0 rings (SSSR count). The minimum Gasteiger partial charge on any atom is -0.451 e. The molecule has 2 unspecified atom stereocenters. The Hall–Kier alpha value is -0.830. The highest BCUT2D eigenvalue weighted by Gasteiger charge is 2.53. The van der Waals surface area contributed by atoms with Gasteiger partial charge >= 0.3 is 12.1 Å². The summed E-state index contributed by atoms with van der Waals surface area (Å²) in [4.78, 5) is 12.7. The van der Waals surface area contributed by atoms with Crippen LogP contribution in [0.25, 0.3) is 0 Å². The molecule has 0 spiro atoms. The van der Waals surface area contributed by atoms with Crippen LogP contribution in [-0.2, 0) is 19.6 Å². The second kappa shape index (κ2) is 7.42. The number of hydrogen-bond acceptors (Lipinski definition) is 4. The summed E-state index contributed by atoms with van der Waals surface area (Å²) in [5, 5.41) is 0. The number of carbonyl (C=O) groups excluding carboxylic acids is 1. The highest BCUT2D eigenvalue weighted by atomic mass is 32.2. The molecule has 9 heteroatoms. The quantitative estimate of drug-likeness (QED) is 0.520. The van der Waals surface area contributed by atoms with Crippen LogP contribution in [0.4, 0.5) is 13.2 Å². The van der Waals surface area contributed by atoms with Crippen molar-refractivity contribution in [3.8, 4) is 0 Å². The fourth-order valence-electron chi connectivity index (χ4n) is 2.68. The Morgan fingerprint density at radius 3 is 1.80 bits per heavy atom. The number of hydrogen-bond donors (Lipinski definition) is 1. The van der Waals surface area contributed by atoms with Gasteiger partial charge in [-0.05, 0) is 30.6 Å². The van der Waals surface area contributed by atoms with Gasteiger partial charge in [0.25, 0.3) is 10.1 Å². The monoisotopic (exact) mass is 390 g/mol. The SMILES string of the molecule is CCC(C)(C)C(C)(CC(C)(C)C)C(=O)OC(CS(=O)(=O)O)C(F)(F)F. The van der Waals surface area contributed by atoms with Gasteiger partial charge in [-0.25, -0.2) is 0 Å². The van der Waals surface area contributed by atoms with Crippen LogP contribution in [0.5, 0.6) is 0 Å². The molecule has 0 radical (unpaired) electrons. The van der Waals surface area contributed by atoms with E-state index in [9.17, 15) is 26.4 Å². The van der Waals surface area contributed by atoms with Gasteiger partial charge in [0.05, 0.1) is 5.41 Å². The third kappa shape index (κ3) is 7.13. The number of esters is 1. The molecule has 0 aromatic rings. The first-order chi connectivity index (χ1) is 10.8. The Balaban J connectivity index is 5.86. The van der Waals surface area contributed by atoms with Gasteiger partial charge in [-0.15, -0.1) is 0 Å². The molecule has 0 saturated carbocycles. The van der Waals surface area contributed by atoms with E-state index in [0.29, 0.717) is 6.42 Å². The number of rotatable bonds is 7. The van der Waals surface area contributed by atoms with Gasteiger partial charge in [-0.3, -0.25) is 9.35 Å². The zero-order chi connectivity index (χ0) is 20.5. The van der Waals surface area contributed by atoms with Crippen LogP contribution < -0.4 is 0 Å². The molecular formula is C16H29F3O5S. The van der Waals surface area contributed by atoms with Gasteiger partial charge in [0.2, 0.25) is 6.10 Å². The Morgan fingerprint density at radius 1 is 1.08 bits per heavy atom. The predicted molar refractivity (Wildman–Crippen MR) is 88.6 cm³/mol. The normalized spacial score (nSPS) is 17.7. The molecule has 1 N–H and O–H groups in total. The molecule has 0 fully saturated rings. The number of ether oxygens (including phenoxy) is 1. The van der Waals surface area contributed by atoms with Crippen LogP contribution in [0.15, 0.2) is 0 Å². The summed E-state index contributed by atoms with van der Waals surface area (Å²) in [5.41, 5.74) is -2.34. The lowest BCUT2D eigenvalue weighted by atomic mass is 9.59. The van der Waals surface area contributed by atoms with E-state index in [4.69, 9.17) is 4.55 Å². The first-order valence-electron chi connectivity index (χ1n) is 7.98. The third-order valence-corrected chi connectivity index (χ3v) is 5.41. The van der Waals surface area contributed by atoms with Gasteiger partial charge in [0, 0.05) is 0 Å². The predicted octanol–water partition coefficient (Wildman–Crippen LogP) is 4.23. The van der Waals surface area contributed by atoms with Gasteiger partial charge in [-0.1, -0.05) is 41.5 Å². The van der Waals surface area contributed by atoms with Crippen molar-refractivity contribution in [3.05, 3.63) is 0 Å². The summed E-state index contributed by atoms with van der Waals surface area (Å²) >= 11 is 0. The standard InChI is InChI=1S/C16H29F3O5S/c1-8-14(5,6)15(7,10-13(2,3)4)12(20)24-11(16(17,18)19)9-25(21,22)23/h11H,8-10H2,1-7H3,(H,21,22,23). The molecule has 0 aliphatic rings. The summed E-state index contributed by atoms with van der Waals surface area (Å²) in [6.07, 6.45) is -7.27. The van der Waals surface area contributed by atoms with E-state index < -0.39 is 45.0 Å². The maximum absolute atomic E-state index is 13.1. The average molecular weight is 390 g/mol. The van der Waals surface area contributed by atoms with Crippen molar-refractivity contribution in [2.45, 2.75) is 73.6 Å². The molecular weight excluding hydrogens is 361 g/mol. The number of alkyl halides is 3. The fraction of sp³-hybridized carbons (Fsp3) is 0.938. The second-order valence-corrected chi connectivity index (χ2v) is 9.99. The fourth-order valence-corrected chi connectivity index (χ4v) is 3.32. The topological polar surface area (TPSA) is 80.7 Å². The smallest absolute Gasteiger partial charge is 0.426 e. The average Bonchev–Trinajstić information content (AvgIpc) is 2.32. The molecule has 0 saturated heterocycles. The molecule has 0 bridgehead atoms. The summed E-state index contributed by atoms with van der Waals surface area (Å²) in [6.45, 7) is 12.4. The summed E-state index contributed by atoms with van der Waals surface area (Å²) in [6, 6.07) is 0. The minimum absolute atomic E-state index is 0.246. The molecule has 0 aromatic carbocycles. The molecule has 0 amide bonds. The van der Waals surface area contributed by atoms with Crippen molar-refractivity contribution in [1.29, 1.82) is 0 Å². The maximum Gasteiger partial charge on any atom is 0.426 e. The molecule has 0 aromatic heterocycles. The van der Waals surface area contributed by atoms with Crippen molar-refractivity contribution in [1.82, 2.24) is 0 Å². The number of halogens is 3. The van der Waals surface area contributed by atoms with E-state index in [1.165, 1.54) is 6.92 Å². The lowest BCUT2D eigenvalue weighted by Crippen LogP contribution is -2.49. The first-order valence-corrected chi connectivity index (χ1v) is 9.59. The van der Waals surface area contributed by atoms with Crippen molar-refractivity contribution in [3.63, 3.8) is 0 Å². The van der Waals surface area contributed by atoms with Gasteiger partial charge in [0.1, 0.15) is 5.75 Å². The molecule has 25 heavy (non-hydrogen) atoms. The Bertz CT molecular complexity index is 576. The van der Waals surface area contributed by atoms with E-state index in [1.54, 1.807) is 13.8 Å². The largest absolute Gasteiger partial charge is 0.451 e. The molecule has 5 nitrogen and oxygen atoms in total. The van der Waals surface area contributed by atoms with E-state index in [2.05, 4.69) is 4.74 Å². The molecule has 0 aliphatic carbocycles. The Labute approximate surface area is 148 Å². The molecule has 0 aliphatic heterocycles. The summed E-state index contributed by atoms with van der Waals surface area (Å²) < 4.78 is 74.2. The number of carbonyl (C=O) groups is 1. The third-order valence-electron chi connectivity index (χ3n) is 4.69. The van der Waals surface area contributed by atoms with Crippen molar-refractivity contribution >= 4 is 16.1 Å². The van der Waals surface area contributed by atoms with Crippen LogP contribution in [-0.4, -0.2) is 37.0 Å². The molecule has 0 heterocycles. The van der Waals surface area contributed by atoms with E-state index in [-0.39, 0.29) is 11.8 Å². The van der Waals surface area contributed by atoms with Crippen LogP contribution in [0, 0.1) is 16.2 Å². The van der Waals surface area contributed by atoms with Crippen molar-refractivity contribution in [2.75, 3.05) is 5.75 Å².